The van der Waals surface area contributed by atoms with Gasteiger partial charge in [0.2, 0.25) is 0 Å². The quantitative estimate of drug-likeness (QED) is 0.257. The van der Waals surface area contributed by atoms with Crippen molar-refractivity contribution >= 4 is 11.7 Å². The van der Waals surface area contributed by atoms with Gasteiger partial charge < -0.3 is 9.94 Å². The number of fused-ring (bicyclic) bond motifs is 5. The highest BCUT2D eigenvalue weighted by atomic mass is 16.5. The Bertz CT molecular complexity index is 801. The van der Waals surface area contributed by atoms with Gasteiger partial charge in [-0.1, -0.05) is 64.6 Å². The molecule has 0 aliphatic heterocycles. The number of hydrogen-bond donors (Lipinski definition) is 1. The molecule has 4 rings (SSSR count). The van der Waals surface area contributed by atoms with E-state index in [-0.39, 0.29) is 17.5 Å². The zero-order valence-corrected chi connectivity index (χ0v) is 21.9. The lowest BCUT2D eigenvalue weighted by Crippen LogP contribution is -2.54. The minimum Gasteiger partial charge on any atom is -0.462 e. The van der Waals surface area contributed by atoms with Crippen molar-refractivity contribution in [3.05, 3.63) is 11.6 Å². The Balaban J connectivity index is 1.56. The second-order valence-corrected chi connectivity index (χ2v) is 12.9. The Kier molecular flexibility index (Phi) is 7.05. The molecule has 0 aromatic rings. The predicted octanol–water partition coefficient (Wildman–Crippen LogP) is 7.40. The van der Waals surface area contributed by atoms with Gasteiger partial charge in [0.1, 0.15) is 6.10 Å². The monoisotopic (exact) mass is 457 g/mol. The third-order valence-corrected chi connectivity index (χ3v) is 10.6. The van der Waals surface area contributed by atoms with Gasteiger partial charge in [-0.25, -0.2) is 0 Å². The van der Waals surface area contributed by atoms with Crippen LogP contribution in [0, 0.1) is 46.3 Å². The molecular weight excluding hydrogens is 410 g/mol. The summed E-state index contributed by atoms with van der Waals surface area (Å²) < 4.78 is 5.58. The van der Waals surface area contributed by atoms with Crippen LogP contribution in [0.1, 0.15) is 106 Å². The van der Waals surface area contributed by atoms with Gasteiger partial charge in [0.25, 0.3) is 0 Å². The largest absolute Gasteiger partial charge is 0.462 e. The summed E-state index contributed by atoms with van der Waals surface area (Å²) in [5.41, 5.74) is 2.73. The van der Waals surface area contributed by atoms with Gasteiger partial charge in [0.15, 0.2) is 0 Å². The molecule has 4 aliphatic carbocycles. The topological polar surface area (TPSA) is 58.9 Å². The van der Waals surface area contributed by atoms with E-state index in [1.54, 1.807) is 0 Å². The molecule has 186 valence electrons. The number of rotatable bonds is 6. The third-order valence-electron chi connectivity index (χ3n) is 10.6. The number of carbonyl (C=O) groups is 1. The van der Waals surface area contributed by atoms with Crippen LogP contribution >= 0.6 is 0 Å². The van der Waals surface area contributed by atoms with Crippen molar-refractivity contribution in [2.45, 2.75) is 112 Å². The molecule has 0 aromatic heterocycles. The second-order valence-electron chi connectivity index (χ2n) is 12.9. The van der Waals surface area contributed by atoms with Crippen molar-refractivity contribution in [1.29, 1.82) is 0 Å². The lowest BCUT2D eigenvalue weighted by molar-refractivity contribution is -0.148. The van der Waals surface area contributed by atoms with E-state index in [2.05, 4.69) is 45.9 Å². The summed E-state index contributed by atoms with van der Waals surface area (Å²) in [5.74, 6) is 3.67. The normalized spacial score (nSPS) is 42.3. The Morgan fingerprint density at radius 2 is 1.88 bits per heavy atom. The highest BCUT2D eigenvalue weighted by Crippen LogP contribution is 2.67. The van der Waals surface area contributed by atoms with Gasteiger partial charge in [-0.15, -0.1) is 0 Å². The fourth-order valence-corrected chi connectivity index (χ4v) is 8.85. The number of esters is 1. The van der Waals surface area contributed by atoms with E-state index in [4.69, 9.17) is 4.74 Å². The first kappa shape index (κ1) is 24.8. The van der Waals surface area contributed by atoms with Crippen LogP contribution in [0.25, 0.3) is 0 Å². The average molecular weight is 458 g/mol. The first-order valence-corrected chi connectivity index (χ1v) is 13.7. The van der Waals surface area contributed by atoms with Gasteiger partial charge in [0, 0.05) is 19.3 Å². The SMILES string of the molecule is CC(=O)OC1CCC2(C)C(=C/C(=N/O)C3C2CCC2(C)C3CCC2[C@H](C)CCCC(C)C)C1. The van der Waals surface area contributed by atoms with E-state index in [0.717, 1.165) is 42.7 Å². The molecular formula is C29H47NO3. The molecule has 4 heteroatoms. The maximum Gasteiger partial charge on any atom is 0.302 e. The van der Waals surface area contributed by atoms with Gasteiger partial charge in [-0.05, 0) is 85.0 Å². The van der Waals surface area contributed by atoms with Crippen LogP contribution in [0.5, 0.6) is 0 Å². The number of ether oxygens (including phenoxy) is 1. The van der Waals surface area contributed by atoms with Crippen molar-refractivity contribution < 1.29 is 14.7 Å². The molecule has 0 aromatic carbocycles. The lowest BCUT2D eigenvalue weighted by atomic mass is 9.46. The van der Waals surface area contributed by atoms with Crippen LogP contribution in [0.2, 0.25) is 0 Å². The maximum atomic E-state index is 11.5. The number of nitrogens with zero attached hydrogens (tertiary/aromatic N) is 1. The Labute approximate surface area is 201 Å². The number of carbonyl (C=O) groups excluding carboxylic acids is 1. The lowest BCUT2D eigenvalue weighted by Gasteiger charge is -2.58. The van der Waals surface area contributed by atoms with Crippen molar-refractivity contribution in [2.75, 3.05) is 0 Å². The van der Waals surface area contributed by atoms with Gasteiger partial charge in [-0.3, -0.25) is 4.79 Å². The second kappa shape index (κ2) is 9.38. The van der Waals surface area contributed by atoms with Crippen LogP contribution in [-0.4, -0.2) is 23.0 Å². The highest BCUT2D eigenvalue weighted by Gasteiger charge is 2.61. The maximum absolute atomic E-state index is 11.5. The fraction of sp³-hybridized carbons (Fsp3) is 0.862. The van der Waals surface area contributed by atoms with Crippen molar-refractivity contribution in [1.82, 2.24) is 0 Å². The minimum absolute atomic E-state index is 0.0327. The summed E-state index contributed by atoms with van der Waals surface area (Å²) in [7, 11) is 0. The standard InChI is InChI=1S/C29H47NO3/c1-18(2)8-7-9-19(3)23-10-11-24-27-25(13-15-29(23,24)6)28(5)14-12-22(33-20(4)31)16-21(28)17-26(27)30-32/h17-19,22-25,27,32H,7-16H2,1-6H3/b30-26-/t19-,22?,23?,24?,25?,27?,28?,29?/m1/s1. The molecule has 3 fully saturated rings. The first-order chi connectivity index (χ1) is 15.6. The minimum atomic E-state index is -0.193. The zero-order valence-electron chi connectivity index (χ0n) is 21.9. The molecule has 4 nitrogen and oxygen atoms in total. The predicted molar refractivity (Wildman–Crippen MR) is 133 cm³/mol. The summed E-state index contributed by atoms with van der Waals surface area (Å²) in [5, 5.41) is 14.0. The first-order valence-electron chi connectivity index (χ1n) is 13.7. The molecule has 0 saturated heterocycles. The summed E-state index contributed by atoms with van der Waals surface area (Å²) in [6.07, 6.45) is 14.1. The summed E-state index contributed by atoms with van der Waals surface area (Å²) >= 11 is 0. The van der Waals surface area contributed by atoms with Crippen LogP contribution in [0.4, 0.5) is 0 Å². The van der Waals surface area contributed by atoms with E-state index in [9.17, 15) is 10.0 Å². The van der Waals surface area contributed by atoms with Crippen LogP contribution in [0.15, 0.2) is 16.8 Å². The third kappa shape index (κ3) is 4.41. The van der Waals surface area contributed by atoms with Crippen molar-refractivity contribution in [3.8, 4) is 0 Å². The number of oxime groups is 1. The molecule has 33 heavy (non-hydrogen) atoms. The van der Waals surface area contributed by atoms with Gasteiger partial charge in [-0.2, -0.15) is 0 Å². The fourth-order valence-electron chi connectivity index (χ4n) is 8.85. The van der Waals surface area contributed by atoms with E-state index < -0.39 is 0 Å². The van der Waals surface area contributed by atoms with E-state index in [0.29, 0.717) is 23.2 Å². The molecule has 4 aliphatic rings. The van der Waals surface area contributed by atoms with Crippen LogP contribution < -0.4 is 0 Å². The number of allylic oxidation sites excluding steroid dienone is 1. The molecule has 0 amide bonds. The van der Waals surface area contributed by atoms with Gasteiger partial charge >= 0.3 is 5.97 Å². The molecule has 0 spiro atoms. The van der Waals surface area contributed by atoms with Crippen molar-refractivity contribution in [3.63, 3.8) is 0 Å². The average Bonchev–Trinajstić information content (AvgIpc) is 3.10. The number of hydrogen-bond acceptors (Lipinski definition) is 4. The Morgan fingerprint density at radius 3 is 2.55 bits per heavy atom. The van der Waals surface area contributed by atoms with E-state index in [1.165, 1.54) is 57.4 Å². The smallest absolute Gasteiger partial charge is 0.302 e. The molecule has 0 heterocycles. The highest BCUT2D eigenvalue weighted by molar-refractivity contribution is 5.99. The van der Waals surface area contributed by atoms with E-state index in [1.807, 2.05) is 0 Å². The molecule has 3 saturated carbocycles. The Hall–Kier alpha value is -1.32. The van der Waals surface area contributed by atoms with Crippen LogP contribution in [0.3, 0.4) is 0 Å². The molecule has 0 bridgehead atoms. The van der Waals surface area contributed by atoms with Crippen molar-refractivity contribution in [2.24, 2.45) is 51.5 Å². The molecule has 8 atom stereocenters. The Morgan fingerprint density at radius 1 is 1.12 bits per heavy atom. The summed E-state index contributed by atoms with van der Waals surface area (Å²) in [4.78, 5) is 11.5. The van der Waals surface area contributed by atoms with E-state index >= 15 is 0 Å². The molecule has 7 unspecified atom stereocenters. The summed E-state index contributed by atoms with van der Waals surface area (Å²) in [6, 6.07) is 0. The van der Waals surface area contributed by atoms with Crippen LogP contribution in [-0.2, 0) is 9.53 Å². The zero-order chi connectivity index (χ0) is 24.0. The molecule has 1 N–H and O–H groups in total. The summed E-state index contributed by atoms with van der Waals surface area (Å²) in [6.45, 7) is 13.7. The van der Waals surface area contributed by atoms with Gasteiger partial charge in [0.05, 0.1) is 5.71 Å². The molecule has 0 radical (unpaired) electrons.